The molecule has 0 saturated heterocycles. The first-order valence-corrected chi connectivity index (χ1v) is 6.10. The van der Waals surface area contributed by atoms with E-state index in [1.807, 2.05) is 48.5 Å². The lowest BCUT2D eigenvalue weighted by atomic mass is 10.0. The highest BCUT2D eigenvalue weighted by Gasteiger charge is 2.33. The molecule has 92 valence electrons. The zero-order chi connectivity index (χ0) is 13.0. The minimum Gasteiger partial charge on any atom is -0.425 e. The number of carbonyl (C=O) groups is 1. The minimum atomic E-state index is -0.961. The normalized spacial score (nSPS) is 13.7. The van der Waals surface area contributed by atoms with Crippen molar-refractivity contribution in [3.8, 4) is 5.75 Å². The zero-order valence-electron chi connectivity index (χ0n) is 10.0. The second kappa shape index (κ2) is 5.27. The molecule has 0 spiro atoms. The summed E-state index contributed by atoms with van der Waals surface area (Å²) in [5.74, 6) is 0.141. The lowest BCUT2D eigenvalue weighted by Gasteiger charge is -2.21. The van der Waals surface area contributed by atoms with Crippen molar-refractivity contribution in [2.75, 3.05) is 0 Å². The highest BCUT2D eigenvalue weighted by Crippen LogP contribution is 2.29. The molecule has 2 rings (SSSR count). The first kappa shape index (κ1) is 12.7. The molecule has 2 aromatic rings. The number of hydrogen-bond donors (Lipinski definition) is 1. The van der Waals surface area contributed by atoms with E-state index in [-0.39, 0.29) is 5.97 Å². The molecule has 0 aromatic heterocycles. The highest BCUT2D eigenvalue weighted by atomic mass is 32.1. The molecule has 0 aliphatic rings. The first-order valence-electron chi connectivity index (χ1n) is 5.66. The molecule has 1 unspecified atom stereocenters. The van der Waals surface area contributed by atoms with E-state index in [1.165, 1.54) is 0 Å². The summed E-state index contributed by atoms with van der Waals surface area (Å²) in [5.41, 5.74) is 0.814. The van der Waals surface area contributed by atoms with Crippen LogP contribution in [0.3, 0.4) is 0 Å². The average molecular weight is 258 g/mol. The zero-order valence-corrected chi connectivity index (χ0v) is 10.9. The van der Waals surface area contributed by atoms with Crippen LogP contribution in [0.25, 0.3) is 0 Å². The Morgan fingerprint density at radius 2 is 1.50 bits per heavy atom. The highest BCUT2D eigenvalue weighted by molar-refractivity contribution is 7.82. The second-order valence-electron chi connectivity index (χ2n) is 4.14. The van der Waals surface area contributed by atoms with Gasteiger partial charge in [-0.25, -0.2) is 4.79 Å². The number of rotatable bonds is 3. The van der Waals surface area contributed by atoms with Gasteiger partial charge in [0.1, 0.15) is 10.5 Å². The van der Waals surface area contributed by atoms with Crippen molar-refractivity contribution in [1.82, 2.24) is 0 Å². The van der Waals surface area contributed by atoms with Crippen molar-refractivity contribution in [2.24, 2.45) is 0 Å². The number of carbonyl (C=O) groups excluding carboxylic acids is 1. The molecule has 0 N–H and O–H groups in total. The van der Waals surface area contributed by atoms with E-state index in [0.29, 0.717) is 5.75 Å². The standard InChI is InChI=1S/C15H14O2S/c1-15(18,12-8-4-2-5-9-12)14(16)17-13-10-6-3-7-11-13/h2-11,18H,1H3. The van der Waals surface area contributed by atoms with Crippen molar-refractivity contribution in [2.45, 2.75) is 11.7 Å². The van der Waals surface area contributed by atoms with E-state index < -0.39 is 4.75 Å². The van der Waals surface area contributed by atoms with E-state index >= 15 is 0 Å². The van der Waals surface area contributed by atoms with Crippen LogP contribution in [0.4, 0.5) is 0 Å². The number of hydrogen-bond acceptors (Lipinski definition) is 3. The van der Waals surface area contributed by atoms with Gasteiger partial charge in [-0.1, -0.05) is 48.5 Å². The van der Waals surface area contributed by atoms with Gasteiger partial charge in [-0.05, 0) is 24.6 Å². The maximum absolute atomic E-state index is 12.1. The van der Waals surface area contributed by atoms with Crippen LogP contribution in [0.15, 0.2) is 60.7 Å². The SMILES string of the molecule is CC(S)(C(=O)Oc1ccccc1)c1ccccc1. The molecule has 0 saturated carbocycles. The largest absolute Gasteiger partial charge is 0.425 e. The van der Waals surface area contributed by atoms with E-state index in [2.05, 4.69) is 12.6 Å². The monoisotopic (exact) mass is 258 g/mol. The molecular formula is C15H14O2S. The summed E-state index contributed by atoms with van der Waals surface area (Å²) in [6.45, 7) is 1.73. The smallest absolute Gasteiger partial charge is 0.331 e. The van der Waals surface area contributed by atoms with Crippen LogP contribution in [-0.2, 0) is 9.54 Å². The lowest BCUT2D eigenvalue weighted by Crippen LogP contribution is -2.30. The molecule has 0 radical (unpaired) electrons. The van der Waals surface area contributed by atoms with Gasteiger partial charge < -0.3 is 4.74 Å². The molecule has 0 aliphatic heterocycles. The van der Waals surface area contributed by atoms with Gasteiger partial charge in [-0.2, -0.15) is 12.6 Å². The summed E-state index contributed by atoms with van der Waals surface area (Å²) in [5, 5.41) is 0. The summed E-state index contributed by atoms with van der Waals surface area (Å²) in [6.07, 6.45) is 0. The number of benzene rings is 2. The van der Waals surface area contributed by atoms with Gasteiger partial charge in [-0.3, -0.25) is 0 Å². The molecule has 18 heavy (non-hydrogen) atoms. The van der Waals surface area contributed by atoms with Crippen LogP contribution in [0, 0.1) is 0 Å². The van der Waals surface area contributed by atoms with Crippen molar-refractivity contribution < 1.29 is 9.53 Å². The number of esters is 1. The summed E-state index contributed by atoms with van der Waals surface area (Å²) in [6, 6.07) is 18.4. The molecule has 2 aromatic carbocycles. The van der Waals surface area contributed by atoms with Crippen LogP contribution in [-0.4, -0.2) is 5.97 Å². The maximum atomic E-state index is 12.1. The molecule has 2 nitrogen and oxygen atoms in total. The van der Waals surface area contributed by atoms with Crippen molar-refractivity contribution >= 4 is 18.6 Å². The topological polar surface area (TPSA) is 26.3 Å². The number of ether oxygens (including phenoxy) is 1. The minimum absolute atomic E-state index is 0.386. The summed E-state index contributed by atoms with van der Waals surface area (Å²) < 4.78 is 4.36. The Kier molecular flexibility index (Phi) is 3.72. The Morgan fingerprint density at radius 3 is 2.06 bits per heavy atom. The molecule has 0 aliphatic carbocycles. The van der Waals surface area contributed by atoms with Gasteiger partial charge in [0.15, 0.2) is 0 Å². The first-order chi connectivity index (χ1) is 8.60. The van der Waals surface area contributed by atoms with Gasteiger partial charge in [0.25, 0.3) is 0 Å². The summed E-state index contributed by atoms with van der Waals surface area (Å²) >= 11 is 4.43. The Bertz CT molecular complexity index is 521. The van der Waals surface area contributed by atoms with Gasteiger partial charge in [0.2, 0.25) is 0 Å². The fourth-order valence-electron chi connectivity index (χ4n) is 1.58. The number of thiol groups is 1. The van der Waals surface area contributed by atoms with Crippen molar-refractivity contribution in [3.63, 3.8) is 0 Å². The van der Waals surface area contributed by atoms with Crippen molar-refractivity contribution in [3.05, 3.63) is 66.2 Å². The average Bonchev–Trinajstić information content (AvgIpc) is 2.41. The van der Waals surface area contributed by atoms with E-state index in [1.54, 1.807) is 19.1 Å². The third-order valence-corrected chi connectivity index (χ3v) is 3.13. The second-order valence-corrected chi connectivity index (χ2v) is 5.04. The van der Waals surface area contributed by atoms with Crippen LogP contribution >= 0.6 is 12.6 Å². The Balaban J connectivity index is 2.18. The van der Waals surface area contributed by atoms with Crippen LogP contribution < -0.4 is 4.74 Å². The Morgan fingerprint density at radius 1 is 1.00 bits per heavy atom. The maximum Gasteiger partial charge on any atom is 0.331 e. The fourth-order valence-corrected chi connectivity index (χ4v) is 1.77. The van der Waals surface area contributed by atoms with Crippen LogP contribution in [0.2, 0.25) is 0 Å². The molecule has 0 heterocycles. The van der Waals surface area contributed by atoms with Gasteiger partial charge in [0, 0.05) is 0 Å². The summed E-state index contributed by atoms with van der Waals surface area (Å²) in [4.78, 5) is 12.1. The van der Waals surface area contributed by atoms with Crippen LogP contribution in [0.1, 0.15) is 12.5 Å². The van der Waals surface area contributed by atoms with Crippen molar-refractivity contribution in [1.29, 1.82) is 0 Å². The van der Waals surface area contributed by atoms with Gasteiger partial charge in [-0.15, -0.1) is 0 Å². The third-order valence-electron chi connectivity index (χ3n) is 2.69. The third kappa shape index (κ3) is 2.74. The predicted molar refractivity (Wildman–Crippen MR) is 74.9 cm³/mol. The lowest BCUT2D eigenvalue weighted by molar-refractivity contribution is -0.136. The molecule has 1 atom stereocenters. The molecule has 3 heteroatoms. The predicted octanol–water partition coefficient (Wildman–Crippen LogP) is 3.44. The van der Waals surface area contributed by atoms with Crippen LogP contribution in [0.5, 0.6) is 5.75 Å². The molecular weight excluding hydrogens is 244 g/mol. The Hall–Kier alpha value is -1.74. The Labute approximate surface area is 112 Å². The van der Waals surface area contributed by atoms with Gasteiger partial charge >= 0.3 is 5.97 Å². The van der Waals surface area contributed by atoms with E-state index in [0.717, 1.165) is 5.56 Å². The summed E-state index contributed by atoms with van der Waals surface area (Å²) in [7, 11) is 0. The number of para-hydroxylation sites is 1. The quantitative estimate of drug-likeness (QED) is 0.518. The molecule has 0 fully saturated rings. The fraction of sp³-hybridized carbons (Fsp3) is 0.133. The molecule has 0 amide bonds. The molecule has 0 bridgehead atoms. The van der Waals surface area contributed by atoms with E-state index in [9.17, 15) is 4.79 Å². The van der Waals surface area contributed by atoms with Gasteiger partial charge in [0.05, 0.1) is 0 Å². The van der Waals surface area contributed by atoms with E-state index in [4.69, 9.17) is 4.74 Å².